The summed E-state index contributed by atoms with van der Waals surface area (Å²) in [5, 5.41) is 2.56. The SMILES string of the molecule is Cc1ccc2c(c1)C1(C3=C(C=CCC3)C3=CC=CC(N(c4ccc(-c5ccc(-n6c7ccccc7c7ccccc76)cc5)cc4)c4ccc5c(c4)C(C)(C)c4ccccc4-5)C31)c1cc(C)ccc1-2. The first kappa shape index (κ1) is 39.5. The van der Waals surface area contributed by atoms with Crippen LogP contribution in [0, 0.1) is 19.8 Å². The van der Waals surface area contributed by atoms with Gasteiger partial charge in [-0.25, -0.2) is 0 Å². The van der Waals surface area contributed by atoms with Gasteiger partial charge in [0, 0.05) is 39.2 Å². The molecule has 5 aliphatic carbocycles. The fourth-order valence-electron chi connectivity index (χ4n) is 13.6. The van der Waals surface area contributed by atoms with Gasteiger partial charge in [0.05, 0.1) is 22.5 Å². The summed E-state index contributed by atoms with van der Waals surface area (Å²) >= 11 is 0. The minimum absolute atomic E-state index is 0.00937. The van der Waals surface area contributed by atoms with Crippen molar-refractivity contribution in [2.24, 2.45) is 5.92 Å². The lowest BCUT2D eigenvalue weighted by atomic mass is 9.61. The van der Waals surface area contributed by atoms with Gasteiger partial charge in [-0.3, -0.25) is 0 Å². The molecule has 14 rings (SSSR count). The first-order valence-electron chi connectivity index (χ1n) is 24.5. The zero-order valence-corrected chi connectivity index (χ0v) is 39.1. The van der Waals surface area contributed by atoms with E-state index in [-0.39, 0.29) is 22.8 Å². The van der Waals surface area contributed by atoms with E-state index in [0.717, 1.165) is 12.8 Å². The summed E-state index contributed by atoms with van der Waals surface area (Å²) < 4.78 is 2.40. The number of rotatable bonds is 5. The lowest BCUT2D eigenvalue weighted by Gasteiger charge is -2.46. The Bertz CT molecular complexity index is 3630. The van der Waals surface area contributed by atoms with E-state index in [9.17, 15) is 0 Å². The van der Waals surface area contributed by atoms with Crippen LogP contribution in [-0.2, 0) is 10.8 Å². The molecule has 1 aromatic heterocycles. The number of para-hydroxylation sites is 2. The second kappa shape index (κ2) is 14.4. The van der Waals surface area contributed by atoms with Crippen molar-refractivity contribution in [3.63, 3.8) is 0 Å². The standard InChI is InChI=1S/C66H52N2/c1-41-24-35-51-52-36-25-42(2)39-60(52)66(59(51)38-41)57-20-10-6-15-49(57)55-18-13-23-63(64(55)66)67(47-34-37-50-48-14-5-9-19-56(48)65(3,4)58(50)40-47)45-30-26-43(27-31-45)44-28-32-46(33-29-44)68-61-21-11-7-16-53(61)54-17-8-12-22-62(54)68/h5-9,11-19,21-40,63-64H,10,20H2,1-4H3. The molecule has 8 aromatic carbocycles. The Labute approximate surface area is 399 Å². The maximum atomic E-state index is 2.70. The van der Waals surface area contributed by atoms with E-state index in [0.29, 0.717) is 0 Å². The van der Waals surface area contributed by atoms with E-state index >= 15 is 0 Å². The average molecular weight is 873 g/mol. The minimum atomic E-state index is -0.313. The molecular weight excluding hydrogens is 821 g/mol. The van der Waals surface area contributed by atoms with E-state index in [4.69, 9.17) is 0 Å². The first-order valence-corrected chi connectivity index (χ1v) is 24.5. The molecule has 1 spiro atoms. The van der Waals surface area contributed by atoms with Crippen LogP contribution in [-0.4, -0.2) is 10.6 Å². The Morgan fingerprint density at radius 2 is 1.12 bits per heavy atom. The van der Waals surface area contributed by atoms with E-state index in [1.807, 2.05) is 0 Å². The van der Waals surface area contributed by atoms with Gasteiger partial charge in [0.1, 0.15) is 0 Å². The smallest absolute Gasteiger partial charge is 0.0609 e. The van der Waals surface area contributed by atoms with Crippen molar-refractivity contribution in [3.8, 4) is 39.1 Å². The summed E-state index contributed by atoms with van der Waals surface area (Å²) in [6, 6.07) is 67.0. The molecule has 0 bridgehead atoms. The highest BCUT2D eigenvalue weighted by Crippen LogP contribution is 2.67. The van der Waals surface area contributed by atoms with Crippen LogP contribution < -0.4 is 4.90 Å². The molecule has 0 fully saturated rings. The molecule has 2 unspecified atom stereocenters. The van der Waals surface area contributed by atoms with Gasteiger partial charge >= 0.3 is 0 Å². The number of hydrogen-bond acceptors (Lipinski definition) is 1. The number of allylic oxidation sites excluding steroid dienone is 6. The van der Waals surface area contributed by atoms with E-state index in [1.54, 1.807) is 5.57 Å². The second-order valence-electron chi connectivity index (χ2n) is 20.4. The summed E-state index contributed by atoms with van der Waals surface area (Å²) in [5.74, 6) is 0.135. The lowest BCUT2D eigenvalue weighted by Crippen LogP contribution is -2.47. The molecule has 326 valence electrons. The number of fused-ring (bicyclic) bond motifs is 15. The molecule has 1 heterocycles. The molecule has 2 nitrogen and oxygen atoms in total. The topological polar surface area (TPSA) is 8.17 Å². The predicted molar refractivity (Wildman–Crippen MR) is 284 cm³/mol. The summed E-state index contributed by atoms with van der Waals surface area (Å²) in [7, 11) is 0. The summed E-state index contributed by atoms with van der Waals surface area (Å²) in [4.78, 5) is 2.70. The quantitative estimate of drug-likeness (QED) is 0.167. The van der Waals surface area contributed by atoms with Crippen molar-refractivity contribution in [1.29, 1.82) is 0 Å². The van der Waals surface area contributed by atoms with Crippen molar-refractivity contribution < 1.29 is 0 Å². The van der Waals surface area contributed by atoms with Crippen LogP contribution in [0.5, 0.6) is 0 Å². The largest absolute Gasteiger partial charge is 0.334 e. The molecule has 5 aliphatic rings. The van der Waals surface area contributed by atoms with Gasteiger partial charge in [-0.05, 0) is 148 Å². The van der Waals surface area contributed by atoms with Crippen LogP contribution in [0.3, 0.4) is 0 Å². The van der Waals surface area contributed by atoms with Crippen molar-refractivity contribution >= 4 is 33.2 Å². The van der Waals surface area contributed by atoms with Gasteiger partial charge in [-0.2, -0.15) is 0 Å². The van der Waals surface area contributed by atoms with Crippen molar-refractivity contribution in [1.82, 2.24) is 4.57 Å². The first-order chi connectivity index (χ1) is 33.3. The summed E-state index contributed by atoms with van der Waals surface area (Å²) in [6.45, 7) is 9.36. The molecule has 2 heteroatoms. The molecule has 0 radical (unpaired) electrons. The number of hydrogen-bond donors (Lipinski definition) is 0. The predicted octanol–water partition coefficient (Wildman–Crippen LogP) is 16.6. The number of nitrogens with zero attached hydrogens (tertiary/aromatic N) is 2. The molecule has 0 aliphatic heterocycles. The number of aryl methyl sites for hydroxylation is 2. The number of benzene rings is 8. The Morgan fingerprint density at radius 3 is 1.81 bits per heavy atom. The molecule has 9 aromatic rings. The van der Waals surface area contributed by atoms with Gasteiger partial charge in [-0.15, -0.1) is 0 Å². The monoisotopic (exact) mass is 872 g/mol. The minimum Gasteiger partial charge on any atom is -0.334 e. The molecular formula is C66H52N2. The third-order valence-electron chi connectivity index (χ3n) is 16.5. The van der Waals surface area contributed by atoms with Gasteiger partial charge in [0.25, 0.3) is 0 Å². The summed E-state index contributed by atoms with van der Waals surface area (Å²) in [6.07, 6.45) is 14.3. The molecule has 0 saturated carbocycles. The highest BCUT2D eigenvalue weighted by Gasteiger charge is 2.60. The zero-order chi connectivity index (χ0) is 45.5. The van der Waals surface area contributed by atoms with Crippen LogP contribution in [0.25, 0.3) is 60.9 Å². The fraction of sp³-hybridized carbons (Fsp3) is 0.152. The Kier molecular flexibility index (Phi) is 8.37. The van der Waals surface area contributed by atoms with Crippen molar-refractivity contribution in [3.05, 3.63) is 256 Å². The van der Waals surface area contributed by atoms with Crippen LogP contribution >= 0.6 is 0 Å². The van der Waals surface area contributed by atoms with E-state index in [2.05, 4.69) is 243 Å². The molecule has 0 saturated heterocycles. The average Bonchev–Trinajstić information content (AvgIpc) is 4.04. The van der Waals surface area contributed by atoms with Gasteiger partial charge in [0.2, 0.25) is 0 Å². The third-order valence-corrected chi connectivity index (χ3v) is 16.5. The van der Waals surface area contributed by atoms with Crippen LogP contribution in [0.1, 0.15) is 60.1 Å². The van der Waals surface area contributed by atoms with Gasteiger partial charge in [-0.1, -0.05) is 183 Å². The lowest BCUT2D eigenvalue weighted by molar-refractivity contribution is 0.404. The Morgan fingerprint density at radius 1 is 0.544 bits per heavy atom. The van der Waals surface area contributed by atoms with Gasteiger partial charge < -0.3 is 9.47 Å². The summed E-state index contributed by atoms with van der Waals surface area (Å²) in [5.41, 5.74) is 26.4. The molecule has 2 atom stereocenters. The van der Waals surface area contributed by atoms with Crippen molar-refractivity contribution in [2.75, 3.05) is 4.90 Å². The van der Waals surface area contributed by atoms with Crippen LogP contribution in [0.4, 0.5) is 11.4 Å². The van der Waals surface area contributed by atoms with Crippen LogP contribution in [0.15, 0.2) is 223 Å². The maximum absolute atomic E-state index is 2.70. The molecule has 0 amide bonds. The molecule has 68 heavy (non-hydrogen) atoms. The third kappa shape index (κ3) is 5.35. The second-order valence-corrected chi connectivity index (χ2v) is 20.4. The Balaban J connectivity index is 0.934. The maximum Gasteiger partial charge on any atom is 0.0609 e. The van der Waals surface area contributed by atoms with Crippen LogP contribution in [0.2, 0.25) is 0 Å². The van der Waals surface area contributed by atoms with E-state index < -0.39 is 0 Å². The van der Waals surface area contributed by atoms with Crippen molar-refractivity contribution in [2.45, 2.75) is 57.4 Å². The highest BCUT2D eigenvalue weighted by atomic mass is 15.2. The normalized spacial score (nSPS) is 18.6. The number of anilines is 2. The Hall–Kier alpha value is -7.68. The van der Waals surface area contributed by atoms with Gasteiger partial charge in [0.15, 0.2) is 0 Å². The number of aromatic nitrogens is 1. The van der Waals surface area contributed by atoms with E-state index in [1.165, 1.54) is 117 Å². The fourth-order valence-corrected chi connectivity index (χ4v) is 13.6. The molecule has 0 N–H and O–H groups in total. The highest BCUT2D eigenvalue weighted by molar-refractivity contribution is 6.09. The zero-order valence-electron chi connectivity index (χ0n) is 39.1.